The molecular weight excluding hydrogens is 156 g/mol. The quantitative estimate of drug-likeness (QED) is 0.511. The van der Waals surface area contributed by atoms with Crippen molar-refractivity contribution in [3.63, 3.8) is 0 Å². The number of rotatable bonds is 3. The molecule has 70 valence electrons. The average Bonchev–Trinajstić information content (AvgIpc) is 2.31. The van der Waals surface area contributed by atoms with Crippen LogP contribution in [0.3, 0.4) is 0 Å². The van der Waals surface area contributed by atoms with Crippen LogP contribution in [-0.4, -0.2) is 30.7 Å². The Labute approximate surface area is 73.0 Å². The third kappa shape index (κ3) is 2.30. The fraction of sp³-hybridized carbons (Fsp3) is 0.778. The molecule has 0 aromatic carbocycles. The van der Waals surface area contributed by atoms with Crippen LogP contribution in [0.25, 0.3) is 0 Å². The normalized spacial score (nSPS) is 32.4. The van der Waals surface area contributed by atoms with Gasteiger partial charge in [0.25, 0.3) is 0 Å². The highest BCUT2D eigenvalue weighted by Crippen LogP contribution is 2.26. The van der Waals surface area contributed by atoms with Crippen LogP contribution in [0.15, 0.2) is 12.2 Å². The van der Waals surface area contributed by atoms with Crippen molar-refractivity contribution in [1.29, 1.82) is 0 Å². The second-order valence-corrected chi connectivity index (χ2v) is 3.18. The number of ether oxygens (including phenoxy) is 2. The molecule has 12 heavy (non-hydrogen) atoms. The van der Waals surface area contributed by atoms with Crippen LogP contribution in [0.4, 0.5) is 0 Å². The maximum Gasteiger partial charge on any atom is 0.154 e. The predicted molar refractivity (Wildman–Crippen MR) is 45.7 cm³/mol. The lowest BCUT2D eigenvalue weighted by Crippen LogP contribution is -2.19. The topological polar surface area (TPSA) is 38.7 Å². The van der Waals surface area contributed by atoms with Crippen LogP contribution < -0.4 is 0 Å². The van der Waals surface area contributed by atoms with Gasteiger partial charge < -0.3 is 14.6 Å². The molecule has 0 aliphatic heterocycles. The van der Waals surface area contributed by atoms with Gasteiger partial charge in [-0.15, -0.1) is 0 Å². The van der Waals surface area contributed by atoms with Crippen molar-refractivity contribution in [1.82, 2.24) is 0 Å². The smallest absolute Gasteiger partial charge is 0.154 e. The Balaban J connectivity index is 2.32. The van der Waals surface area contributed by atoms with Gasteiger partial charge in [0.2, 0.25) is 0 Å². The Kier molecular flexibility index (Phi) is 3.26. The van der Waals surface area contributed by atoms with Crippen molar-refractivity contribution in [3.05, 3.63) is 12.2 Å². The number of aliphatic hydroxyl groups is 1. The van der Waals surface area contributed by atoms with Gasteiger partial charge >= 0.3 is 0 Å². The molecule has 1 N–H and O–H groups in total. The van der Waals surface area contributed by atoms with Crippen LogP contribution >= 0.6 is 0 Å². The van der Waals surface area contributed by atoms with Crippen molar-refractivity contribution >= 4 is 0 Å². The molecule has 0 unspecified atom stereocenters. The molecule has 1 fully saturated rings. The molecule has 3 heteroatoms. The molecule has 3 nitrogen and oxygen atoms in total. The van der Waals surface area contributed by atoms with E-state index in [9.17, 15) is 5.11 Å². The maximum absolute atomic E-state index is 9.33. The summed E-state index contributed by atoms with van der Waals surface area (Å²) in [5.41, 5.74) is 0.864. The van der Waals surface area contributed by atoms with E-state index in [1.54, 1.807) is 7.11 Å². The van der Waals surface area contributed by atoms with Gasteiger partial charge in [0.15, 0.2) is 6.29 Å². The summed E-state index contributed by atoms with van der Waals surface area (Å²) < 4.78 is 10.4. The minimum absolute atomic E-state index is 0.0717. The lowest BCUT2D eigenvalue weighted by molar-refractivity contribution is -0.143. The van der Waals surface area contributed by atoms with Crippen LogP contribution in [0.2, 0.25) is 0 Å². The minimum atomic E-state index is -0.390. The van der Waals surface area contributed by atoms with Gasteiger partial charge in [-0.25, -0.2) is 0 Å². The standard InChI is InChI=1S/C9H16O3/c1-6-4-8(5-9(6)10)12-7(2)11-3/h7-10H,1,4-5H2,2-3H3/t7-,8-,9-/m1/s1. The molecule has 0 aromatic rings. The van der Waals surface area contributed by atoms with Crippen LogP contribution in [0, 0.1) is 0 Å². The maximum atomic E-state index is 9.33. The van der Waals surface area contributed by atoms with E-state index in [1.807, 2.05) is 6.92 Å². The fourth-order valence-electron chi connectivity index (χ4n) is 1.36. The van der Waals surface area contributed by atoms with Crippen molar-refractivity contribution < 1.29 is 14.6 Å². The van der Waals surface area contributed by atoms with E-state index in [2.05, 4.69) is 6.58 Å². The first-order valence-corrected chi connectivity index (χ1v) is 4.17. The van der Waals surface area contributed by atoms with Crippen LogP contribution in [0.5, 0.6) is 0 Å². The van der Waals surface area contributed by atoms with Gasteiger partial charge in [-0.05, 0) is 18.9 Å². The number of aliphatic hydroxyl groups excluding tert-OH is 1. The molecule has 0 amide bonds. The summed E-state index contributed by atoms with van der Waals surface area (Å²) in [4.78, 5) is 0. The Morgan fingerprint density at radius 1 is 1.67 bits per heavy atom. The predicted octanol–water partition coefficient (Wildman–Crippen LogP) is 1.07. The summed E-state index contributed by atoms with van der Waals surface area (Å²) in [6.45, 7) is 5.59. The van der Waals surface area contributed by atoms with Gasteiger partial charge in [0, 0.05) is 13.5 Å². The molecule has 0 bridgehead atoms. The summed E-state index contributed by atoms with van der Waals surface area (Å²) in [5, 5.41) is 9.33. The van der Waals surface area contributed by atoms with Crippen LogP contribution in [0.1, 0.15) is 19.8 Å². The first kappa shape index (κ1) is 9.71. The molecule has 0 aromatic heterocycles. The molecular formula is C9H16O3. The Hall–Kier alpha value is -0.380. The largest absolute Gasteiger partial charge is 0.389 e. The number of hydrogen-bond acceptors (Lipinski definition) is 3. The van der Waals surface area contributed by atoms with Crippen molar-refractivity contribution in [2.24, 2.45) is 0 Å². The molecule has 0 heterocycles. The second kappa shape index (κ2) is 4.03. The highest BCUT2D eigenvalue weighted by Gasteiger charge is 2.27. The summed E-state index contributed by atoms with van der Waals surface area (Å²) >= 11 is 0. The molecule has 0 radical (unpaired) electrons. The Bertz CT molecular complexity index is 167. The van der Waals surface area contributed by atoms with Gasteiger partial charge in [-0.1, -0.05) is 6.58 Å². The number of methoxy groups -OCH3 is 1. The van der Waals surface area contributed by atoms with E-state index in [-0.39, 0.29) is 18.5 Å². The summed E-state index contributed by atoms with van der Waals surface area (Å²) in [5.74, 6) is 0. The van der Waals surface area contributed by atoms with Crippen molar-refractivity contribution in [2.45, 2.75) is 38.3 Å². The zero-order chi connectivity index (χ0) is 9.14. The lowest BCUT2D eigenvalue weighted by Gasteiger charge is -2.16. The third-order valence-electron chi connectivity index (χ3n) is 2.16. The molecule has 1 aliphatic carbocycles. The zero-order valence-electron chi connectivity index (χ0n) is 7.62. The van der Waals surface area contributed by atoms with Crippen LogP contribution in [-0.2, 0) is 9.47 Å². The Morgan fingerprint density at radius 3 is 2.75 bits per heavy atom. The highest BCUT2D eigenvalue weighted by atomic mass is 16.7. The highest BCUT2D eigenvalue weighted by molar-refractivity contribution is 5.10. The van der Waals surface area contributed by atoms with Gasteiger partial charge in [0.1, 0.15) is 0 Å². The third-order valence-corrected chi connectivity index (χ3v) is 2.16. The minimum Gasteiger partial charge on any atom is -0.389 e. The summed E-state index contributed by atoms with van der Waals surface area (Å²) in [6.07, 6.45) is 0.871. The van der Waals surface area contributed by atoms with E-state index in [4.69, 9.17) is 9.47 Å². The second-order valence-electron chi connectivity index (χ2n) is 3.18. The molecule has 3 atom stereocenters. The summed E-state index contributed by atoms with van der Waals surface area (Å²) in [6, 6.07) is 0. The molecule has 1 aliphatic rings. The first-order chi connectivity index (χ1) is 5.63. The Morgan fingerprint density at radius 2 is 2.33 bits per heavy atom. The molecule has 1 saturated carbocycles. The van der Waals surface area contributed by atoms with E-state index < -0.39 is 0 Å². The first-order valence-electron chi connectivity index (χ1n) is 4.17. The fourth-order valence-corrected chi connectivity index (χ4v) is 1.36. The molecule has 0 spiro atoms. The molecule has 1 rings (SSSR count). The van der Waals surface area contributed by atoms with Gasteiger partial charge in [-0.3, -0.25) is 0 Å². The molecule has 0 saturated heterocycles. The SMILES string of the molecule is C=C1C[C@@H](O[C@H](C)OC)C[C@H]1O. The van der Waals surface area contributed by atoms with E-state index in [1.165, 1.54) is 0 Å². The average molecular weight is 172 g/mol. The van der Waals surface area contributed by atoms with Gasteiger partial charge in [-0.2, -0.15) is 0 Å². The zero-order valence-corrected chi connectivity index (χ0v) is 7.62. The van der Waals surface area contributed by atoms with E-state index in [0.717, 1.165) is 12.0 Å². The monoisotopic (exact) mass is 172 g/mol. The summed E-state index contributed by atoms with van der Waals surface area (Å²) in [7, 11) is 1.60. The lowest BCUT2D eigenvalue weighted by atomic mass is 10.2. The van der Waals surface area contributed by atoms with Crippen molar-refractivity contribution in [3.8, 4) is 0 Å². The van der Waals surface area contributed by atoms with E-state index in [0.29, 0.717) is 6.42 Å². The van der Waals surface area contributed by atoms with Gasteiger partial charge in [0.05, 0.1) is 12.2 Å². The van der Waals surface area contributed by atoms with Crippen molar-refractivity contribution in [2.75, 3.05) is 7.11 Å². The van der Waals surface area contributed by atoms with E-state index >= 15 is 0 Å². The number of hydrogen-bond donors (Lipinski definition) is 1.